The van der Waals surface area contributed by atoms with Crippen molar-refractivity contribution in [3.8, 4) is 5.75 Å². The molecule has 1 aliphatic heterocycles. The van der Waals surface area contributed by atoms with E-state index in [0.717, 1.165) is 0 Å². The molecule has 0 saturated heterocycles. The number of guanidine groups is 1. The predicted octanol–water partition coefficient (Wildman–Crippen LogP) is 2.48. The molecule has 9 heteroatoms. The first-order chi connectivity index (χ1) is 12.5. The molecule has 1 aliphatic rings. The standard InChI is InChI=1S/C18H22FN3O4.HI/c1-18(23,15-4-3-5-25-15)10-22-17(20-2)21-8-12-6-14(19)7-13-9-24-11-26-16(12)13;/h3-7,23H,8-11H2,1-2H3,(H2,20,21,22);1H. The Bertz CT molecular complexity index is 781. The molecular weight excluding hydrogens is 468 g/mol. The van der Waals surface area contributed by atoms with Crippen LogP contribution in [0.15, 0.2) is 39.9 Å². The molecule has 1 atom stereocenters. The van der Waals surface area contributed by atoms with Crippen LogP contribution in [-0.4, -0.2) is 31.5 Å². The molecule has 3 N–H and O–H groups in total. The van der Waals surface area contributed by atoms with Crippen molar-refractivity contribution in [3.05, 3.63) is 53.2 Å². The fourth-order valence-corrected chi connectivity index (χ4v) is 2.72. The highest BCUT2D eigenvalue weighted by molar-refractivity contribution is 14.0. The zero-order valence-corrected chi connectivity index (χ0v) is 17.5. The molecular formula is C18H23FIN3O4. The van der Waals surface area contributed by atoms with Crippen LogP contribution in [0.3, 0.4) is 0 Å². The molecule has 27 heavy (non-hydrogen) atoms. The van der Waals surface area contributed by atoms with Gasteiger partial charge in [0.15, 0.2) is 12.8 Å². The minimum Gasteiger partial charge on any atom is -0.467 e. The Morgan fingerprint density at radius 3 is 2.89 bits per heavy atom. The number of fused-ring (bicyclic) bond motifs is 1. The molecule has 0 bridgehead atoms. The van der Waals surface area contributed by atoms with Crippen molar-refractivity contribution in [2.45, 2.75) is 25.7 Å². The van der Waals surface area contributed by atoms with Gasteiger partial charge in [-0.15, -0.1) is 24.0 Å². The molecule has 0 spiro atoms. The molecule has 0 saturated carbocycles. The molecule has 2 heterocycles. The summed E-state index contributed by atoms with van der Waals surface area (Å²) in [5, 5.41) is 16.6. The van der Waals surface area contributed by atoms with Crippen LogP contribution >= 0.6 is 24.0 Å². The van der Waals surface area contributed by atoms with E-state index in [1.54, 1.807) is 26.1 Å². The second kappa shape index (κ2) is 9.38. The topological polar surface area (TPSA) is 88.3 Å². The monoisotopic (exact) mass is 491 g/mol. The zero-order chi connectivity index (χ0) is 18.6. The molecule has 3 rings (SSSR count). The first-order valence-electron chi connectivity index (χ1n) is 8.22. The summed E-state index contributed by atoms with van der Waals surface area (Å²) in [5.41, 5.74) is 0.153. The van der Waals surface area contributed by atoms with E-state index in [4.69, 9.17) is 13.9 Å². The number of halogens is 2. The molecule has 1 aromatic heterocycles. The number of furan rings is 1. The van der Waals surface area contributed by atoms with E-state index in [1.165, 1.54) is 18.4 Å². The van der Waals surface area contributed by atoms with E-state index in [0.29, 0.717) is 41.7 Å². The van der Waals surface area contributed by atoms with Crippen LogP contribution < -0.4 is 15.4 Å². The average molecular weight is 491 g/mol. The smallest absolute Gasteiger partial charge is 0.191 e. The first kappa shape index (κ1) is 21.5. The second-order valence-electron chi connectivity index (χ2n) is 6.19. The molecule has 0 fully saturated rings. The van der Waals surface area contributed by atoms with Crippen LogP contribution in [0, 0.1) is 5.82 Å². The Hall–Kier alpha value is -1.85. The highest BCUT2D eigenvalue weighted by atomic mass is 127. The fraction of sp³-hybridized carbons (Fsp3) is 0.389. The van der Waals surface area contributed by atoms with Crippen LogP contribution in [0.2, 0.25) is 0 Å². The minimum atomic E-state index is -1.19. The lowest BCUT2D eigenvalue weighted by atomic mass is 10.0. The van der Waals surface area contributed by atoms with Crippen LogP contribution in [0.5, 0.6) is 5.75 Å². The number of nitrogens with zero attached hydrogens (tertiary/aromatic N) is 1. The van der Waals surface area contributed by atoms with Crippen LogP contribution in [0.4, 0.5) is 4.39 Å². The lowest BCUT2D eigenvalue weighted by molar-refractivity contribution is -0.0173. The summed E-state index contributed by atoms with van der Waals surface area (Å²) in [6.07, 6.45) is 1.51. The van der Waals surface area contributed by atoms with E-state index in [2.05, 4.69) is 15.6 Å². The number of aliphatic imine (C=N–C) groups is 1. The van der Waals surface area contributed by atoms with Crippen molar-refractivity contribution in [2.75, 3.05) is 20.4 Å². The lowest BCUT2D eigenvalue weighted by Gasteiger charge is -2.24. The van der Waals surface area contributed by atoms with Crippen molar-refractivity contribution in [1.82, 2.24) is 10.6 Å². The largest absolute Gasteiger partial charge is 0.467 e. The average Bonchev–Trinajstić information content (AvgIpc) is 3.17. The number of hydrogen-bond acceptors (Lipinski definition) is 5. The summed E-state index contributed by atoms with van der Waals surface area (Å²) < 4.78 is 29.7. The Labute approximate surface area is 174 Å². The summed E-state index contributed by atoms with van der Waals surface area (Å²) in [4.78, 5) is 4.12. The van der Waals surface area contributed by atoms with Gasteiger partial charge in [0, 0.05) is 24.7 Å². The molecule has 7 nitrogen and oxygen atoms in total. The maximum atomic E-state index is 13.8. The number of ether oxygens (including phenoxy) is 2. The van der Waals surface area contributed by atoms with Gasteiger partial charge < -0.3 is 29.6 Å². The highest BCUT2D eigenvalue weighted by Crippen LogP contribution is 2.29. The van der Waals surface area contributed by atoms with Gasteiger partial charge in [0.05, 0.1) is 19.4 Å². The molecule has 2 aromatic rings. The Morgan fingerprint density at radius 2 is 2.19 bits per heavy atom. The van der Waals surface area contributed by atoms with E-state index >= 15 is 0 Å². The Kier molecular flexibility index (Phi) is 7.45. The quantitative estimate of drug-likeness (QED) is 0.339. The number of hydrogen-bond donors (Lipinski definition) is 3. The van der Waals surface area contributed by atoms with Gasteiger partial charge in [-0.2, -0.15) is 0 Å². The number of benzene rings is 1. The maximum Gasteiger partial charge on any atom is 0.191 e. The van der Waals surface area contributed by atoms with Gasteiger partial charge in [0.1, 0.15) is 22.9 Å². The minimum absolute atomic E-state index is 0. The number of aliphatic hydroxyl groups is 1. The van der Waals surface area contributed by atoms with Crippen LogP contribution in [0.25, 0.3) is 0 Å². The van der Waals surface area contributed by atoms with Crippen molar-refractivity contribution in [3.63, 3.8) is 0 Å². The van der Waals surface area contributed by atoms with Crippen molar-refractivity contribution >= 4 is 29.9 Å². The van der Waals surface area contributed by atoms with Crippen molar-refractivity contribution < 1.29 is 23.4 Å². The highest BCUT2D eigenvalue weighted by Gasteiger charge is 2.26. The molecule has 1 aromatic carbocycles. The van der Waals surface area contributed by atoms with Gasteiger partial charge in [-0.3, -0.25) is 4.99 Å². The van der Waals surface area contributed by atoms with Crippen molar-refractivity contribution in [1.29, 1.82) is 0 Å². The third kappa shape index (κ3) is 5.33. The Balaban J connectivity index is 0.00000261. The summed E-state index contributed by atoms with van der Waals surface area (Å²) in [5.74, 6) is 1.19. The summed E-state index contributed by atoms with van der Waals surface area (Å²) in [6, 6.07) is 6.25. The maximum absolute atomic E-state index is 13.8. The first-order valence-corrected chi connectivity index (χ1v) is 8.22. The SMILES string of the molecule is CN=C(NCc1cc(F)cc2c1OCOC2)NCC(C)(O)c1ccco1.I. The third-order valence-corrected chi connectivity index (χ3v) is 4.07. The van der Waals surface area contributed by atoms with Gasteiger partial charge in [0.2, 0.25) is 0 Å². The van der Waals surface area contributed by atoms with E-state index < -0.39 is 5.60 Å². The predicted molar refractivity (Wildman–Crippen MR) is 109 cm³/mol. The Morgan fingerprint density at radius 1 is 1.37 bits per heavy atom. The lowest BCUT2D eigenvalue weighted by Crippen LogP contribution is -2.44. The normalized spacial score (nSPS) is 15.8. The fourth-order valence-electron chi connectivity index (χ4n) is 2.72. The molecule has 148 valence electrons. The van der Waals surface area contributed by atoms with E-state index in [1.807, 2.05) is 0 Å². The summed E-state index contributed by atoms with van der Waals surface area (Å²) >= 11 is 0. The summed E-state index contributed by atoms with van der Waals surface area (Å²) in [6.45, 7) is 2.60. The van der Waals surface area contributed by atoms with Gasteiger partial charge in [-0.1, -0.05) is 0 Å². The van der Waals surface area contributed by atoms with Crippen LogP contribution in [0.1, 0.15) is 23.8 Å². The molecule has 0 radical (unpaired) electrons. The molecule has 0 amide bonds. The van der Waals surface area contributed by atoms with E-state index in [-0.39, 0.29) is 43.1 Å². The van der Waals surface area contributed by atoms with Gasteiger partial charge in [-0.25, -0.2) is 4.39 Å². The van der Waals surface area contributed by atoms with E-state index in [9.17, 15) is 9.50 Å². The molecule has 1 unspecified atom stereocenters. The number of rotatable bonds is 5. The zero-order valence-electron chi connectivity index (χ0n) is 15.1. The van der Waals surface area contributed by atoms with Gasteiger partial charge >= 0.3 is 0 Å². The third-order valence-electron chi connectivity index (χ3n) is 4.07. The van der Waals surface area contributed by atoms with Gasteiger partial charge in [0.25, 0.3) is 0 Å². The molecule has 0 aliphatic carbocycles. The van der Waals surface area contributed by atoms with Gasteiger partial charge in [-0.05, 0) is 31.2 Å². The second-order valence-corrected chi connectivity index (χ2v) is 6.19. The van der Waals surface area contributed by atoms with Crippen molar-refractivity contribution in [2.24, 2.45) is 4.99 Å². The van der Waals surface area contributed by atoms with Crippen LogP contribution in [-0.2, 0) is 23.5 Å². The number of nitrogens with one attached hydrogen (secondary N) is 2. The summed E-state index contributed by atoms with van der Waals surface area (Å²) in [7, 11) is 1.61.